The van der Waals surface area contributed by atoms with Crippen LogP contribution in [0.2, 0.25) is 0 Å². The lowest BCUT2D eigenvalue weighted by molar-refractivity contribution is -0.384. The predicted octanol–water partition coefficient (Wildman–Crippen LogP) is 5.15. The van der Waals surface area contributed by atoms with E-state index in [9.17, 15) is 14.9 Å². The van der Waals surface area contributed by atoms with Crippen LogP contribution in [-0.4, -0.2) is 45.7 Å². The lowest BCUT2D eigenvalue weighted by atomic mass is 9.98. The highest BCUT2D eigenvalue weighted by Gasteiger charge is 2.30. The number of amides is 1. The molecule has 0 radical (unpaired) electrons. The summed E-state index contributed by atoms with van der Waals surface area (Å²) < 4.78 is 12.2. The first kappa shape index (κ1) is 21.3. The third-order valence-corrected chi connectivity index (χ3v) is 5.67. The van der Waals surface area contributed by atoms with Gasteiger partial charge in [-0.05, 0) is 58.9 Å². The fourth-order valence-electron chi connectivity index (χ4n) is 3.41. The van der Waals surface area contributed by atoms with Crippen LogP contribution in [0, 0.1) is 10.1 Å². The van der Waals surface area contributed by atoms with Gasteiger partial charge in [0.2, 0.25) is 0 Å². The molecule has 1 aromatic carbocycles. The van der Waals surface area contributed by atoms with Crippen molar-refractivity contribution in [3.05, 3.63) is 28.3 Å². The van der Waals surface area contributed by atoms with Gasteiger partial charge in [0.05, 0.1) is 21.7 Å². The molecule has 1 aromatic heterocycles. The second kappa shape index (κ2) is 8.94. The zero-order valence-corrected chi connectivity index (χ0v) is 17.9. The van der Waals surface area contributed by atoms with Gasteiger partial charge >= 0.3 is 6.09 Å². The number of likely N-dealkylation sites (tertiary alicyclic amines) is 1. The highest BCUT2D eigenvalue weighted by molar-refractivity contribution is 7.20. The van der Waals surface area contributed by atoms with Gasteiger partial charge in [-0.2, -0.15) is 0 Å². The summed E-state index contributed by atoms with van der Waals surface area (Å²) in [7, 11) is 0. The number of nitro benzene ring substituents is 1. The van der Waals surface area contributed by atoms with Crippen molar-refractivity contribution in [3.63, 3.8) is 0 Å². The fourth-order valence-corrected chi connectivity index (χ4v) is 4.23. The van der Waals surface area contributed by atoms with Crippen LogP contribution in [0.15, 0.2) is 18.2 Å². The van der Waals surface area contributed by atoms with Gasteiger partial charge < -0.3 is 14.4 Å². The SMILES string of the molecule is CC(C)(C)OC(=O)N1CCCC[C@@H]1CCCOc1nc2cc([N+](=O)[O-])ccc2s1. The number of hydrogen-bond acceptors (Lipinski definition) is 7. The summed E-state index contributed by atoms with van der Waals surface area (Å²) in [4.78, 5) is 29.1. The van der Waals surface area contributed by atoms with Gasteiger partial charge in [-0.15, -0.1) is 0 Å². The van der Waals surface area contributed by atoms with E-state index in [2.05, 4.69) is 4.98 Å². The minimum absolute atomic E-state index is 0.0221. The third kappa shape index (κ3) is 5.79. The molecule has 1 amide bonds. The smallest absolute Gasteiger partial charge is 0.410 e. The second-order valence-corrected chi connectivity index (χ2v) is 9.20. The average molecular weight is 422 g/mol. The number of fused-ring (bicyclic) bond motifs is 1. The Morgan fingerprint density at radius 1 is 1.38 bits per heavy atom. The van der Waals surface area contributed by atoms with Crippen molar-refractivity contribution >= 4 is 33.3 Å². The highest BCUT2D eigenvalue weighted by Crippen LogP contribution is 2.30. The number of carbonyl (C=O) groups excluding carboxylic acids is 1. The van der Waals surface area contributed by atoms with E-state index >= 15 is 0 Å². The van der Waals surface area contributed by atoms with Crippen LogP contribution in [0.4, 0.5) is 10.5 Å². The van der Waals surface area contributed by atoms with E-state index in [4.69, 9.17) is 9.47 Å². The molecular formula is C20H27N3O5S. The molecule has 0 unspecified atom stereocenters. The van der Waals surface area contributed by atoms with Gasteiger partial charge in [0.25, 0.3) is 10.9 Å². The minimum atomic E-state index is -0.496. The molecule has 1 aliphatic heterocycles. The van der Waals surface area contributed by atoms with Crippen LogP contribution in [0.3, 0.4) is 0 Å². The number of thiazole rings is 1. The van der Waals surface area contributed by atoms with E-state index in [0.29, 0.717) is 17.3 Å². The number of non-ortho nitro benzene ring substituents is 1. The van der Waals surface area contributed by atoms with Crippen LogP contribution in [0.25, 0.3) is 10.2 Å². The Morgan fingerprint density at radius 2 is 2.17 bits per heavy atom. The van der Waals surface area contributed by atoms with Gasteiger partial charge in [-0.3, -0.25) is 10.1 Å². The molecule has 0 spiro atoms. The molecule has 1 fully saturated rings. The third-order valence-electron chi connectivity index (χ3n) is 4.72. The molecule has 1 saturated heterocycles. The summed E-state index contributed by atoms with van der Waals surface area (Å²) in [6, 6.07) is 4.79. The minimum Gasteiger partial charge on any atom is -0.470 e. The maximum Gasteiger partial charge on any atom is 0.410 e. The zero-order chi connectivity index (χ0) is 21.0. The summed E-state index contributed by atoms with van der Waals surface area (Å²) in [6.07, 6.45) is 4.49. The van der Waals surface area contributed by atoms with Crippen LogP contribution in [0.5, 0.6) is 5.19 Å². The maximum atomic E-state index is 12.5. The van der Waals surface area contributed by atoms with Crippen molar-refractivity contribution in [2.45, 2.75) is 64.5 Å². The van der Waals surface area contributed by atoms with Crippen LogP contribution in [-0.2, 0) is 4.74 Å². The number of piperidine rings is 1. The van der Waals surface area contributed by atoms with Crippen molar-refractivity contribution in [2.24, 2.45) is 0 Å². The lowest BCUT2D eigenvalue weighted by Gasteiger charge is -2.36. The van der Waals surface area contributed by atoms with Crippen molar-refractivity contribution < 1.29 is 19.2 Å². The number of nitro groups is 1. The number of ether oxygens (including phenoxy) is 2. The molecule has 3 rings (SSSR count). The van der Waals surface area contributed by atoms with Crippen LogP contribution >= 0.6 is 11.3 Å². The van der Waals surface area contributed by atoms with E-state index in [-0.39, 0.29) is 17.8 Å². The Bertz CT molecular complexity index is 877. The average Bonchev–Trinajstić information content (AvgIpc) is 3.06. The topological polar surface area (TPSA) is 94.8 Å². The Morgan fingerprint density at radius 3 is 2.90 bits per heavy atom. The summed E-state index contributed by atoms with van der Waals surface area (Å²) in [5.74, 6) is 0. The largest absolute Gasteiger partial charge is 0.470 e. The molecule has 0 saturated carbocycles. The van der Waals surface area contributed by atoms with Crippen molar-refractivity contribution in [1.29, 1.82) is 0 Å². The van der Waals surface area contributed by atoms with Crippen molar-refractivity contribution in [2.75, 3.05) is 13.2 Å². The Hall–Kier alpha value is -2.42. The van der Waals surface area contributed by atoms with Gasteiger partial charge in [-0.25, -0.2) is 9.78 Å². The highest BCUT2D eigenvalue weighted by atomic mass is 32.1. The molecule has 158 valence electrons. The monoisotopic (exact) mass is 421 g/mol. The molecule has 2 aromatic rings. The zero-order valence-electron chi connectivity index (χ0n) is 17.1. The quantitative estimate of drug-likeness (QED) is 0.363. The number of hydrogen-bond donors (Lipinski definition) is 0. The number of benzene rings is 1. The first-order valence-corrected chi connectivity index (χ1v) is 10.7. The second-order valence-electron chi connectivity index (χ2n) is 8.20. The summed E-state index contributed by atoms with van der Waals surface area (Å²) >= 11 is 1.38. The van der Waals surface area contributed by atoms with E-state index in [1.54, 1.807) is 6.07 Å². The molecule has 2 heterocycles. The van der Waals surface area contributed by atoms with Gasteiger partial charge in [0.1, 0.15) is 5.60 Å². The summed E-state index contributed by atoms with van der Waals surface area (Å²) in [5.41, 5.74) is 0.0980. The van der Waals surface area contributed by atoms with Crippen LogP contribution < -0.4 is 4.74 Å². The first-order valence-electron chi connectivity index (χ1n) is 9.90. The number of aromatic nitrogens is 1. The Balaban J connectivity index is 1.51. The number of rotatable bonds is 6. The van der Waals surface area contributed by atoms with E-state index in [1.165, 1.54) is 23.5 Å². The molecule has 1 atom stereocenters. The van der Waals surface area contributed by atoms with Crippen molar-refractivity contribution in [1.82, 2.24) is 9.88 Å². The molecular weight excluding hydrogens is 394 g/mol. The summed E-state index contributed by atoms with van der Waals surface area (Å²) in [5, 5.41) is 11.4. The number of carbonyl (C=O) groups is 1. The van der Waals surface area contributed by atoms with Crippen molar-refractivity contribution in [3.8, 4) is 5.19 Å². The Labute approximate surface area is 174 Å². The van der Waals surface area contributed by atoms with E-state index in [0.717, 1.165) is 43.3 Å². The maximum absolute atomic E-state index is 12.5. The van der Waals surface area contributed by atoms with Crippen LogP contribution in [0.1, 0.15) is 52.9 Å². The normalized spacial score (nSPS) is 17.3. The molecule has 0 bridgehead atoms. The Kier molecular flexibility index (Phi) is 6.56. The summed E-state index contributed by atoms with van der Waals surface area (Å²) in [6.45, 7) is 6.86. The van der Waals surface area contributed by atoms with Gasteiger partial charge in [0.15, 0.2) is 0 Å². The lowest BCUT2D eigenvalue weighted by Crippen LogP contribution is -2.46. The molecule has 0 aliphatic carbocycles. The molecule has 29 heavy (non-hydrogen) atoms. The molecule has 1 aliphatic rings. The first-order chi connectivity index (χ1) is 13.7. The van der Waals surface area contributed by atoms with E-state index in [1.807, 2.05) is 25.7 Å². The van der Waals surface area contributed by atoms with E-state index < -0.39 is 10.5 Å². The molecule has 8 nitrogen and oxygen atoms in total. The standard InChI is InChI=1S/C20H27N3O5S/c1-20(2,3)28-19(24)22-11-5-4-7-14(22)8-6-12-27-18-21-16-13-15(23(25)26)9-10-17(16)29-18/h9-10,13-14H,4-8,11-12H2,1-3H3/t14-/m1/s1. The number of nitrogens with zero attached hydrogens (tertiary/aromatic N) is 3. The molecule has 9 heteroatoms. The fraction of sp³-hybridized carbons (Fsp3) is 0.600. The van der Waals surface area contributed by atoms with Gasteiger partial charge in [-0.1, -0.05) is 11.3 Å². The van der Waals surface area contributed by atoms with Gasteiger partial charge in [0, 0.05) is 24.7 Å². The predicted molar refractivity (Wildman–Crippen MR) is 112 cm³/mol. The molecule has 0 N–H and O–H groups in total.